The number of likely N-dealkylation sites (tertiary alicyclic amines) is 1. The molecule has 1 saturated heterocycles. The van der Waals surface area contributed by atoms with Crippen LogP contribution in [0.25, 0.3) is 0 Å². The number of amides is 1. The molecule has 8 heteroatoms. The zero-order chi connectivity index (χ0) is 13.5. The molecular weight excluding hydrogens is 264 g/mol. The highest BCUT2D eigenvalue weighted by atomic mass is 32.2. The second kappa shape index (κ2) is 7.44. The van der Waals surface area contributed by atoms with Crippen LogP contribution in [0.2, 0.25) is 0 Å². The molecule has 2 rings (SSSR count). The number of likely N-dealkylation sites (N-methyl/N-ethyl adjacent to an activating group) is 1. The van der Waals surface area contributed by atoms with E-state index >= 15 is 0 Å². The Morgan fingerprint density at radius 3 is 2.95 bits per heavy atom. The fourth-order valence-electron chi connectivity index (χ4n) is 1.99. The maximum atomic E-state index is 11.9. The molecule has 19 heavy (non-hydrogen) atoms. The van der Waals surface area contributed by atoms with Crippen LogP contribution in [0, 0.1) is 0 Å². The van der Waals surface area contributed by atoms with Gasteiger partial charge in [-0.2, -0.15) is 0 Å². The number of rotatable bonds is 7. The highest BCUT2D eigenvalue weighted by Gasteiger charge is 2.19. The first-order chi connectivity index (χ1) is 9.31. The van der Waals surface area contributed by atoms with Crippen LogP contribution in [0.15, 0.2) is 5.16 Å². The molecule has 7 nitrogen and oxygen atoms in total. The Bertz CT molecular complexity index is 404. The highest BCUT2D eigenvalue weighted by molar-refractivity contribution is 7.99. The Morgan fingerprint density at radius 2 is 2.21 bits per heavy atom. The molecule has 1 N–H and O–H groups in total. The van der Waals surface area contributed by atoms with E-state index in [1.807, 2.05) is 4.90 Å². The summed E-state index contributed by atoms with van der Waals surface area (Å²) in [5, 5.41) is 15.5. The third-order valence-corrected chi connectivity index (χ3v) is 3.97. The number of thioether (sulfide) groups is 1. The van der Waals surface area contributed by atoms with Gasteiger partial charge >= 0.3 is 0 Å². The first-order valence-corrected chi connectivity index (χ1v) is 7.67. The van der Waals surface area contributed by atoms with Crippen LogP contribution < -0.4 is 5.32 Å². The van der Waals surface area contributed by atoms with Gasteiger partial charge in [0.05, 0.1) is 12.3 Å². The molecule has 106 valence electrons. The molecule has 0 spiro atoms. The lowest BCUT2D eigenvalue weighted by Gasteiger charge is -2.14. The van der Waals surface area contributed by atoms with Gasteiger partial charge in [-0.15, -0.1) is 5.10 Å². The van der Waals surface area contributed by atoms with E-state index < -0.39 is 0 Å². The van der Waals surface area contributed by atoms with Crippen LogP contribution in [-0.2, 0) is 11.3 Å². The summed E-state index contributed by atoms with van der Waals surface area (Å²) in [6.45, 7) is 6.33. The first kappa shape index (κ1) is 14.3. The first-order valence-electron chi connectivity index (χ1n) is 6.68. The third kappa shape index (κ3) is 4.17. The van der Waals surface area contributed by atoms with Crippen LogP contribution in [0.3, 0.4) is 0 Å². The van der Waals surface area contributed by atoms with Gasteiger partial charge in [0.25, 0.3) is 0 Å². The fourth-order valence-corrected chi connectivity index (χ4v) is 2.79. The summed E-state index contributed by atoms with van der Waals surface area (Å²) in [6, 6.07) is 0. The van der Waals surface area contributed by atoms with E-state index in [0.29, 0.717) is 10.9 Å². The molecule has 1 aromatic heterocycles. The average Bonchev–Trinajstić information content (AvgIpc) is 3.08. The van der Waals surface area contributed by atoms with E-state index in [2.05, 4.69) is 27.8 Å². The van der Waals surface area contributed by atoms with Crippen LogP contribution >= 0.6 is 11.8 Å². The van der Waals surface area contributed by atoms with Crippen molar-refractivity contribution in [2.24, 2.45) is 0 Å². The van der Waals surface area contributed by atoms with Crippen molar-refractivity contribution in [3.05, 3.63) is 0 Å². The monoisotopic (exact) mass is 284 g/mol. The summed E-state index contributed by atoms with van der Waals surface area (Å²) < 4.78 is 1.74. The lowest BCUT2D eigenvalue weighted by atomic mass is 10.4. The minimum absolute atomic E-state index is 0.184. The number of nitrogens with zero attached hydrogens (tertiary/aromatic N) is 5. The van der Waals surface area contributed by atoms with Crippen molar-refractivity contribution < 1.29 is 4.79 Å². The van der Waals surface area contributed by atoms with E-state index in [0.717, 1.165) is 45.6 Å². The van der Waals surface area contributed by atoms with Crippen LogP contribution in [-0.4, -0.2) is 62.9 Å². The van der Waals surface area contributed by atoms with Gasteiger partial charge in [0, 0.05) is 19.6 Å². The van der Waals surface area contributed by atoms with E-state index in [-0.39, 0.29) is 5.91 Å². The molecular formula is C11H20N6OS. The molecule has 0 atom stereocenters. The normalized spacial score (nSPS) is 15.1. The molecule has 2 heterocycles. The minimum Gasteiger partial charge on any atom is -0.342 e. The Hall–Kier alpha value is -1.15. The average molecular weight is 284 g/mol. The SMILES string of the molecule is CCNCCn1nnnc1SCC(=O)N1CCCC1. The molecule has 1 aliphatic heterocycles. The molecule has 0 aromatic carbocycles. The van der Waals surface area contributed by atoms with Crippen LogP contribution in [0.5, 0.6) is 0 Å². The lowest BCUT2D eigenvalue weighted by molar-refractivity contribution is -0.127. The van der Waals surface area contributed by atoms with Gasteiger partial charge in [-0.3, -0.25) is 4.79 Å². The molecule has 0 bridgehead atoms. The van der Waals surface area contributed by atoms with Gasteiger partial charge in [-0.1, -0.05) is 18.7 Å². The predicted molar refractivity (Wildman–Crippen MR) is 72.9 cm³/mol. The number of hydrogen-bond acceptors (Lipinski definition) is 6. The number of tetrazole rings is 1. The Kier molecular flexibility index (Phi) is 5.59. The van der Waals surface area contributed by atoms with Gasteiger partial charge in [-0.25, -0.2) is 4.68 Å². The van der Waals surface area contributed by atoms with Crippen LogP contribution in [0.4, 0.5) is 0 Å². The molecule has 1 fully saturated rings. The van der Waals surface area contributed by atoms with Crippen LogP contribution in [0.1, 0.15) is 19.8 Å². The summed E-state index contributed by atoms with van der Waals surface area (Å²) in [4.78, 5) is 13.8. The van der Waals surface area contributed by atoms with Crippen molar-refractivity contribution in [1.82, 2.24) is 30.4 Å². The maximum Gasteiger partial charge on any atom is 0.233 e. The van der Waals surface area contributed by atoms with Crippen molar-refractivity contribution >= 4 is 17.7 Å². The van der Waals surface area contributed by atoms with Crippen molar-refractivity contribution in [2.75, 3.05) is 31.9 Å². The van der Waals surface area contributed by atoms with E-state index in [1.54, 1.807) is 4.68 Å². The topological polar surface area (TPSA) is 75.9 Å². The van der Waals surface area contributed by atoms with E-state index in [1.165, 1.54) is 11.8 Å². The van der Waals surface area contributed by atoms with Gasteiger partial charge < -0.3 is 10.2 Å². The smallest absolute Gasteiger partial charge is 0.233 e. The second-order valence-electron chi connectivity index (χ2n) is 4.41. The van der Waals surface area contributed by atoms with Crippen molar-refractivity contribution in [1.29, 1.82) is 0 Å². The molecule has 1 aromatic rings. The minimum atomic E-state index is 0.184. The summed E-state index contributed by atoms with van der Waals surface area (Å²) in [5.41, 5.74) is 0. The molecule has 0 radical (unpaired) electrons. The van der Waals surface area contributed by atoms with E-state index in [4.69, 9.17) is 0 Å². The Labute approximate surface area is 117 Å². The number of hydrogen-bond donors (Lipinski definition) is 1. The van der Waals surface area contributed by atoms with Crippen molar-refractivity contribution in [3.63, 3.8) is 0 Å². The second-order valence-corrected chi connectivity index (χ2v) is 5.36. The van der Waals surface area contributed by atoms with Crippen molar-refractivity contribution in [3.8, 4) is 0 Å². The molecule has 0 unspecified atom stereocenters. The largest absolute Gasteiger partial charge is 0.342 e. The quantitative estimate of drug-likeness (QED) is 0.561. The summed E-state index contributed by atoms with van der Waals surface area (Å²) in [6.07, 6.45) is 2.24. The standard InChI is InChI=1S/C11H20N6OS/c1-2-12-5-8-17-11(13-14-15-17)19-9-10(18)16-6-3-4-7-16/h12H,2-9H2,1H3. The number of nitrogens with one attached hydrogen (secondary N) is 1. The molecule has 0 saturated carbocycles. The Balaban J connectivity index is 1.78. The zero-order valence-corrected chi connectivity index (χ0v) is 12.0. The summed E-state index contributed by atoms with van der Waals surface area (Å²) >= 11 is 1.41. The number of carbonyl (C=O) groups excluding carboxylic acids is 1. The summed E-state index contributed by atoms with van der Waals surface area (Å²) in [5.74, 6) is 0.602. The van der Waals surface area contributed by atoms with E-state index in [9.17, 15) is 4.79 Å². The zero-order valence-electron chi connectivity index (χ0n) is 11.2. The van der Waals surface area contributed by atoms with Gasteiger partial charge in [0.15, 0.2) is 0 Å². The van der Waals surface area contributed by atoms with Gasteiger partial charge in [-0.05, 0) is 29.8 Å². The third-order valence-electron chi connectivity index (χ3n) is 3.03. The number of carbonyl (C=O) groups is 1. The fraction of sp³-hybridized carbons (Fsp3) is 0.818. The predicted octanol–water partition coefficient (Wildman–Crippen LogP) is -0.00290. The van der Waals surface area contributed by atoms with Crippen molar-refractivity contribution in [2.45, 2.75) is 31.5 Å². The molecule has 1 aliphatic rings. The lowest BCUT2D eigenvalue weighted by Crippen LogP contribution is -2.29. The van der Waals surface area contributed by atoms with Gasteiger partial charge in [0.1, 0.15) is 0 Å². The number of aromatic nitrogens is 4. The Morgan fingerprint density at radius 1 is 1.42 bits per heavy atom. The molecule has 1 amide bonds. The van der Waals surface area contributed by atoms with Gasteiger partial charge in [0.2, 0.25) is 11.1 Å². The molecule has 0 aliphatic carbocycles. The maximum absolute atomic E-state index is 11.9. The summed E-state index contributed by atoms with van der Waals surface area (Å²) in [7, 11) is 0. The highest BCUT2D eigenvalue weighted by Crippen LogP contribution is 2.16.